The predicted molar refractivity (Wildman–Crippen MR) is 61.4 cm³/mol. The molecule has 3 N–H and O–H groups in total. The zero-order valence-corrected chi connectivity index (χ0v) is 9.88. The van der Waals surface area contributed by atoms with Crippen LogP contribution in [0.3, 0.4) is 0 Å². The summed E-state index contributed by atoms with van der Waals surface area (Å²) in [7, 11) is 2.84. The summed E-state index contributed by atoms with van der Waals surface area (Å²) in [4.78, 5) is 0. The molecule has 0 radical (unpaired) electrons. The molecule has 1 aromatic carbocycles. The molecule has 0 aliphatic carbocycles. The van der Waals surface area contributed by atoms with Crippen LogP contribution < -0.4 is 15.2 Å². The van der Waals surface area contributed by atoms with E-state index in [4.69, 9.17) is 15.2 Å². The van der Waals surface area contributed by atoms with Gasteiger partial charge in [-0.05, 0) is 0 Å². The van der Waals surface area contributed by atoms with Gasteiger partial charge >= 0.3 is 0 Å². The smallest absolute Gasteiger partial charge is 0.131 e. The zero-order chi connectivity index (χ0) is 11.4. The molecule has 0 aliphatic rings. The summed E-state index contributed by atoms with van der Waals surface area (Å²) < 4.78 is 22.5. The Hall–Kier alpha value is -1.20. The van der Waals surface area contributed by atoms with Gasteiger partial charge in [0.05, 0.1) is 25.8 Å². The van der Waals surface area contributed by atoms with Crippen LogP contribution in [0.5, 0.6) is 17.2 Å². The number of aromatic hydroxyl groups is 1. The van der Waals surface area contributed by atoms with Crippen LogP contribution >= 0.6 is 12.4 Å². The fourth-order valence-corrected chi connectivity index (χ4v) is 1.37. The first-order chi connectivity index (χ1) is 7.13. The number of nitrogens with two attached hydrogens (primary N) is 1. The van der Waals surface area contributed by atoms with Gasteiger partial charge in [-0.3, -0.25) is 0 Å². The molecule has 4 nitrogen and oxygen atoms in total. The molecule has 1 aromatic rings. The molecule has 6 heteroatoms. The molecule has 0 saturated carbocycles. The Morgan fingerprint density at radius 3 is 2.06 bits per heavy atom. The molecule has 0 bridgehead atoms. The van der Waals surface area contributed by atoms with E-state index in [0.29, 0.717) is 17.1 Å². The van der Waals surface area contributed by atoms with E-state index in [0.717, 1.165) is 0 Å². The fraction of sp³-hybridized carbons (Fsp3) is 0.400. The van der Waals surface area contributed by atoms with Gasteiger partial charge in [-0.15, -0.1) is 12.4 Å². The predicted octanol–water partition coefficient (Wildman–Crippen LogP) is 1.80. The van der Waals surface area contributed by atoms with E-state index in [1.807, 2.05) is 0 Å². The number of phenols is 1. The molecule has 0 amide bonds. The Kier molecular flexibility index (Phi) is 5.92. The number of phenolic OH excluding ortho intramolecular Hbond substituents is 1. The highest BCUT2D eigenvalue weighted by atomic mass is 35.5. The molecule has 16 heavy (non-hydrogen) atoms. The van der Waals surface area contributed by atoms with Gasteiger partial charge in [-0.1, -0.05) is 0 Å². The summed E-state index contributed by atoms with van der Waals surface area (Å²) in [5.74, 6) is 0.618. The summed E-state index contributed by atoms with van der Waals surface area (Å²) in [5, 5.41) is 9.34. The second-order valence-corrected chi connectivity index (χ2v) is 3.02. The van der Waals surface area contributed by atoms with Crippen molar-refractivity contribution < 1.29 is 19.0 Å². The van der Waals surface area contributed by atoms with E-state index in [2.05, 4.69) is 0 Å². The van der Waals surface area contributed by atoms with Crippen LogP contribution in [-0.4, -0.2) is 26.0 Å². The summed E-state index contributed by atoms with van der Waals surface area (Å²) in [6.07, 6.45) is 0. The Bertz CT molecular complexity index is 324. The lowest BCUT2D eigenvalue weighted by molar-refractivity contribution is 0.356. The van der Waals surface area contributed by atoms with Gasteiger partial charge in [0.1, 0.15) is 23.9 Å². The van der Waals surface area contributed by atoms with Crippen LogP contribution in [0.4, 0.5) is 4.39 Å². The van der Waals surface area contributed by atoms with Crippen LogP contribution in [0.2, 0.25) is 0 Å². The lowest BCUT2D eigenvalue weighted by Gasteiger charge is -2.16. The third-order valence-corrected chi connectivity index (χ3v) is 2.07. The minimum atomic E-state index is -0.824. The number of halogens is 2. The molecule has 0 fully saturated rings. The maximum atomic E-state index is 12.5. The number of hydrogen-bond donors (Lipinski definition) is 2. The van der Waals surface area contributed by atoms with Crippen molar-refractivity contribution >= 4 is 12.4 Å². The van der Waals surface area contributed by atoms with Crippen LogP contribution in [0.1, 0.15) is 11.6 Å². The quantitative estimate of drug-likeness (QED) is 0.857. The van der Waals surface area contributed by atoms with Crippen LogP contribution in [0, 0.1) is 0 Å². The van der Waals surface area contributed by atoms with E-state index < -0.39 is 12.7 Å². The number of methoxy groups -OCH3 is 2. The SMILES string of the molecule is COc1cc(O)cc(OC)c1[C@@H](N)CF.Cl. The highest BCUT2D eigenvalue weighted by molar-refractivity contribution is 5.85. The van der Waals surface area contributed by atoms with Crippen LogP contribution in [0.15, 0.2) is 12.1 Å². The second-order valence-electron chi connectivity index (χ2n) is 3.02. The summed E-state index contributed by atoms with van der Waals surface area (Å²) >= 11 is 0. The van der Waals surface area contributed by atoms with Gasteiger partial charge in [0.25, 0.3) is 0 Å². The molecule has 92 valence electrons. The molecule has 1 atom stereocenters. The molecule has 0 spiro atoms. The molecule has 0 aliphatic heterocycles. The van der Waals surface area contributed by atoms with Crippen LogP contribution in [-0.2, 0) is 0 Å². The minimum absolute atomic E-state index is 0. The van der Waals surface area contributed by atoms with Gasteiger partial charge < -0.3 is 20.3 Å². The average Bonchev–Trinajstić information content (AvgIpc) is 2.26. The minimum Gasteiger partial charge on any atom is -0.508 e. The molecular formula is C10H15ClFNO3. The van der Waals surface area contributed by atoms with Gasteiger partial charge in [0.2, 0.25) is 0 Å². The molecule has 0 saturated heterocycles. The maximum Gasteiger partial charge on any atom is 0.131 e. The molecule has 0 aromatic heterocycles. The maximum absolute atomic E-state index is 12.5. The van der Waals surface area contributed by atoms with Gasteiger partial charge in [0, 0.05) is 12.1 Å². The summed E-state index contributed by atoms with van der Waals surface area (Å²) in [6.45, 7) is -0.725. The van der Waals surface area contributed by atoms with Crippen molar-refractivity contribution in [1.29, 1.82) is 0 Å². The Balaban J connectivity index is 0.00000225. The van der Waals surface area contributed by atoms with Crippen molar-refractivity contribution in [2.24, 2.45) is 5.73 Å². The first-order valence-electron chi connectivity index (χ1n) is 4.40. The van der Waals surface area contributed by atoms with Crippen molar-refractivity contribution in [3.8, 4) is 17.2 Å². The van der Waals surface area contributed by atoms with Gasteiger partial charge in [-0.2, -0.15) is 0 Å². The standard InChI is InChI=1S/C10H14FNO3.ClH/c1-14-8-3-6(13)4-9(15-2)10(8)7(12)5-11;/h3-4,7,13H,5,12H2,1-2H3;1H/t7-;/m0./s1. The van der Waals surface area contributed by atoms with Crippen molar-refractivity contribution in [2.45, 2.75) is 6.04 Å². The summed E-state index contributed by atoms with van der Waals surface area (Å²) in [6, 6.07) is 1.91. The van der Waals surface area contributed by atoms with Gasteiger partial charge in [-0.25, -0.2) is 4.39 Å². The Labute approximate surface area is 99.6 Å². The average molecular weight is 252 g/mol. The van der Waals surface area contributed by atoms with E-state index in [-0.39, 0.29) is 18.2 Å². The lowest BCUT2D eigenvalue weighted by Crippen LogP contribution is -2.14. The molecule has 0 unspecified atom stereocenters. The first kappa shape index (κ1) is 14.8. The van der Waals surface area contributed by atoms with Crippen molar-refractivity contribution in [3.05, 3.63) is 17.7 Å². The first-order valence-corrected chi connectivity index (χ1v) is 4.40. The molecule has 0 heterocycles. The van der Waals surface area contributed by atoms with E-state index in [1.165, 1.54) is 26.4 Å². The van der Waals surface area contributed by atoms with E-state index in [1.54, 1.807) is 0 Å². The van der Waals surface area contributed by atoms with Crippen LogP contribution in [0.25, 0.3) is 0 Å². The van der Waals surface area contributed by atoms with Crippen molar-refractivity contribution in [1.82, 2.24) is 0 Å². The highest BCUT2D eigenvalue weighted by Crippen LogP contribution is 2.37. The molecule has 1 rings (SSSR count). The zero-order valence-electron chi connectivity index (χ0n) is 9.07. The number of rotatable bonds is 4. The number of ether oxygens (including phenoxy) is 2. The summed E-state index contributed by atoms with van der Waals surface area (Å²) in [5.41, 5.74) is 6.00. The largest absolute Gasteiger partial charge is 0.508 e. The Morgan fingerprint density at radius 2 is 1.75 bits per heavy atom. The van der Waals surface area contributed by atoms with Crippen molar-refractivity contribution in [2.75, 3.05) is 20.9 Å². The second kappa shape index (κ2) is 6.40. The third kappa shape index (κ3) is 2.90. The monoisotopic (exact) mass is 251 g/mol. The fourth-order valence-electron chi connectivity index (χ4n) is 1.37. The topological polar surface area (TPSA) is 64.7 Å². The number of alkyl halides is 1. The number of hydrogen-bond acceptors (Lipinski definition) is 4. The van der Waals surface area contributed by atoms with E-state index in [9.17, 15) is 9.50 Å². The van der Waals surface area contributed by atoms with E-state index >= 15 is 0 Å². The highest BCUT2D eigenvalue weighted by Gasteiger charge is 2.18. The Morgan fingerprint density at radius 1 is 1.31 bits per heavy atom. The molecular weight excluding hydrogens is 237 g/mol. The number of benzene rings is 1. The third-order valence-electron chi connectivity index (χ3n) is 2.07. The lowest BCUT2D eigenvalue weighted by atomic mass is 10.1. The van der Waals surface area contributed by atoms with Gasteiger partial charge in [0.15, 0.2) is 0 Å². The normalized spacial score (nSPS) is 11.5. The van der Waals surface area contributed by atoms with Crippen molar-refractivity contribution in [3.63, 3.8) is 0 Å².